The van der Waals surface area contributed by atoms with E-state index >= 15 is 0 Å². The van der Waals surface area contributed by atoms with Gasteiger partial charge >= 0.3 is 0 Å². The number of allylic oxidation sites excluding steroid dienone is 9. The van der Waals surface area contributed by atoms with Gasteiger partial charge in [0, 0.05) is 12.0 Å². The zero-order valence-electron chi connectivity index (χ0n) is 26.8. The summed E-state index contributed by atoms with van der Waals surface area (Å²) in [7, 11) is -4.42. The molecule has 0 fully saturated rings. The molecule has 0 atom stereocenters. The fourth-order valence-corrected chi connectivity index (χ4v) is 6.04. The van der Waals surface area contributed by atoms with Gasteiger partial charge < -0.3 is 8.85 Å². The zero-order chi connectivity index (χ0) is 29.6. The number of carbonyl (C=O) groups is 2. The maximum absolute atomic E-state index is 14.8. The Kier molecular flexibility index (Phi) is 12.0. The molecule has 1 rings (SSSR count). The van der Waals surface area contributed by atoms with Gasteiger partial charge in [-0.1, -0.05) is 48.8 Å². The van der Waals surface area contributed by atoms with Gasteiger partial charge in [-0.05, 0) is 106 Å². The lowest BCUT2D eigenvalue weighted by Gasteiger charge is -2.43. The van der Waals surface area contributed by atoms with Gasteiger partial charge in [0.2, 0.25) is 16.6 Å². The smallest absolute Gasteiger partial charge is 0.242 e. The van der Waals surface area contributed by atoms with Crippen LogP contribution < -0.4 is 0 Å². The monoisotopic (exact) mass is 558 g/mol. The van der Waals surface area contributed by atoms with Crippen molar-refractivity contribution in [3.8, 4) is 0 Å². The van der Waals surface area contributed by atoms with E-state index in [1.165, 1.54) is 0 Å². The number of hydrogen-bond donors (Lipinski definition) is 0. The summed E-state index contributed by atoms with van der Waals surface area (Å²) in [6, 6.07) is 0. The highest BCUT2D eigenvalue weighted by Gasteiger charge is 2.52. The minimum absolute atomic E-state index is 0.00229. The molecule has 0 N–H and O–H groups in total. The Morgan fingerprint density at radius 3 is 1.61 bits per heavy atom. The Bertz CT molecular complexity index is 1020. The largest absolute Gasteiger partial charge is 0.546 e. The first-order chi connectivity index (χ1) is 17.2. The van der Waals surface area contributed by atoms with Crippen molar-refractivity contribution in [2.45, 2.75) is 120 Å². The van der Waals surface area contributed by atoms with Crippen molar-refractivity contribution in [1.29, 1.82) is 0 Å². The van der Waals surface area contributed by atoms with Gasteiger partial charge in [-0.25, -0.2) is 0 Å². The van der Waals surface area contributed by atoms with E-state index in [1.807, 2.05) is 13.8 Å². The van der Waals surface area contributed by atoms with Gasteiger partial charge in [0.1, 0.15) is 11.5 Å². The predicted molar refractivity (Wildman–Crippen MR) is 167 cm³/mol. The third-order valence-electron chi connectivity index (χ3n) is 5.99. The highest BCUT2D eigenvalue weighted by molar-refractivity contribution is 6.70. The molecule has 0 aromatic carbocycles. The van der Waals surface area contributed by atoms with E-state index in [1.54, 1.807) is 0 Å². The van der Waals surface area contributed by atoms with Gasteiger partial charge in [-0.3, -0.25) is 9.59 Å². The maximum atomic E-state index is 14.8. The van der Waals surface area contributed by atoms with Crippen LogP contribution in [-0.2, 0) is 18.4 Å². The molecule has 38 heavy (non-hydrogen) atoms. The second-order valence-electron chi connectivity index (χ2n) is 13.8. The second-order valence-corrected chi connectivity index (χ2v) is 22.7. The molecule has 0 unspecified atom stereocenters. The van der Waals surface area contributed by atoms with Crippen molar-refractivity contribution in [3.05, 3.63) is 57.6 Å². The summed E-state index contributed by atoms with van der Waals surface area (Å²) >= 11 is 0. The second kappa shape index (κ2) is 13.4. The lowest BCUT2D eigenvalue weighted by molar-refractivity contribution is -0.125. The normalized spacial score (nSPS) is 15.9. The highest BCUT2D eigenvalue weighted by Crippen LogP contribution is 2.50. The molecule has 0 aromatic rings. The molecule has 6 heteroatoms. The standard InChI is InChI=1S/C32H54O4Si2/c1-22(2)15-16-26-29(35-37(9,10)11)28(27(33)21-25(7)8)31(36-38(12,13)14)32(30(26)34,19-17-23(3)4)20-18-24(5)6/h15,17-18,25H,16,19-21H2,1-14H3. The van der Waals surface area contributed by atoms with Crippen molar-refractivity contribution in [2.24, 2.45) is 11.3 Å². The van der Waals surface area contributed by atoms with Crippen molar-refractivity contribution >= 4 is 28.2 Å². The summed E-state index contributed by atoms with van der Waals surface area (Å²) in [5.41, 5.74) is 3.51. The SMILES string of the molecule is CC(C)=CCC1=C(O[Si](C)(C)C)C(C(=O)CC(C)C)=C(O[Si](C)(C)C)C(CC=C(C)C)(CC=C(C)C)C1=O. The first-order valence-electron chi connectivity index (χ1n) is 14.0. The van der Waals surface area contributed by atoms with Crippen LogP contribution in [0.5, 0.6) is 0 Å². The molecule has 214 valence electrons. The van der Waals surface area contributed by atoms with Crippen molar-refractivity contribution in [1.82, 2.24) is 0 Å². The van der Waals surface area contributed by atoms with Crippen molar-refractivity contribution in [3.63, 3.8) is 0 Å². The summed E-state index contributed by atoms with van der Waals surface area (Å²) in [6.07, 6.45) is 8.09. The molecule has 1 aliphatic carbocycles. The molecule has 1 aliphatic rings. The number of rotatable bonds is 13. The van der Waals surface area contributed by atoms with Gasteiger partial charge in [0.15, 0.2) is 11.6 Å². The summed E-state index contributed by atoms with van der Waals surface area (Å²) in [4.78, 5) is 29.0. The molecule has 0 amide bonds. The minimum atomic E-state index is -2.23. The fourth-order valence-electron chi connectivity index (χ4n) is 4.29. The Morgan fingerprint density at radius 2 is 1.24 bits per heavy atom. The molecule has 0 radical (unpaired) electrons. The highest BCUT2D eigenvalue weighted by atomic mass is 28.4. The number of Topliss-reactive ketones (excluding diaryl/α,β-unsaturated/α-hetero) is 2. The Morgan fingerprint density at radius 1 is 0.789 bits per heavy atom. The van der Waals surface area contributed by atoms with E-state index in [-0.39, 0.29) is 17.5 Å². The Labute approximate surface area is 235 Å². The number of hydrogen-bond acceptors (Lipinski definition) is 4. The average Bonchev–Trinajstić information content (AvgIpc) is 2.69. The zero-order valence-corrected chi connectivity index (χ0v) is 28.8. The van der Waals surface area contributed by atoms with Crippen LogP contribution >= 0.6 is 0 Å². The maximum Gasteiger partial charge on any atom is 0.242 e. The number of ketones is 2. The molecular formula is C32H54O4Si2. The molecule has 0 bridgehead atoms. The van der Waals surface area contributed by atoms with Crippen LogP contribution in [-0.4, -0.2) is 28.2 Å². The van der Waals surface area contributed by atoms with Crippen LogP contribution in [0.15, 0.2) is 57.6 Å². The van der Waals surface area contributed by atoms with Crippen LogP contribution in [0.1, 0.15) is 81.1 Å². The van der Waals surface area contributed by atoms with E-state index < -0.39 is 22.0 Å². The first-order valence-corrected chi connectivity index (χ1v) is 20.9. The third kappa shape index (κ3) is 9.99. The van der Waals surface area contributed by atoms with Crippen LogP contribution in [0.2, 0.25) is 39.3 Å². The predicted octanol–water partition coefficient (Wildman–Crippen LogP) is 9.45. The minimum Gasteiger partial charge on any atom is -0.546 e. The summed E-state index contributed by atoms with van der Waals surface area (Å²) < 4.78 is 13.6. The molecule has 0 aliphatic heterocycles. The molecule has 0 saturated heterocycles. The van der Waals surface area contributed by atoms with E-state index in [9.17, 15) is 9.59 Å². The van der Waals surface area contributed by atoms with Crippen molar-refractivity contribution in [2.75, 3.05) is 0 Å². The van der Waals surface area contributed by atoms with Crippen LogP contribution in [0.25, 0.3) is 0 Å². The van der Waals surface area contributed by atoms with E-state index in [0.717, 1.165) is 16.7 Å². The molecule has 0 saturated carbocycles. The number of carbonyl (C=O) groups excluding carboxylic acids is 2. The molecule has 4 nitrogen and oxygen atoms in total. The fraction of sp³-hybridized carbons (Fsp3) is 0.625. The van der Waals surface area contributed by atoms with E-state index in [4.69, 9.17) is 8.85 Å². The molecule has 0 aromatic heterocycles. The van der Waals surface area contributed by atoms with Crippen LogP contribution in [0, 0.1) is 11.3 Å². The van der Waals surface area contributed by atoms with Gasteiger partial charge in [0.05, 0.1) is 11.0 Å². The van der Waals surface area contributed by atoms with Gasteiger partial charge in [-0.2, -0.15) is 0 Å². The summed E-state index contributed by atoms with van der Waals surface area (Å²) in [6.45, 7) is 29.0. The van der Waals surface area contributed by atoms with Crippen molar-refractivity contribution < 1.29 is 18.4 Å². The van der Waals surface area contributed by atoms with Gasteiger partial charge in [-0.15, -0.1) is 0 Å². The summed E-state index contributed by atoms with van der Waals surface area (Å²) in [5, 5.41) is 0. The lowest BCUT2D eigenvalue weighted by Crippen LogP contribution is -2.45. The topological polar surface area (TPSA) is 52.6 Å². The average molecular weight is 559 g/mol. The molecule has 0 spiro atoms. The van der Waals surface area contributed by atoms with E-state index in [2.05, 4.69) is 99.1 Å². The van der Waals surface area contributed by atoms with Gasteiger partial charge in [0.25, 0.3) is 0 Å². The Hall–Kier alpha value is -1.93. The molecule has 0 heterocycles. The first kappa shape index (κ1) is 34.1. The van der Waals surface area contributed by atoms with E-state index in [0.29, 0.717) is 48.3 Å². The quantitative estimate of drug-likeness (QED) is 0.167. The lowest BCUT2D eigenvalue weighted by atomic mass is 9.66. The molecular weight excluding hydrogens is 505 g/mol. The third-order valence-corrected chi connectivity index (χ3v) is 7.63. The Balaban J connectivity index is 4.40. The summed E-state index contributed by atoms with van der Waals surface area (Å²) in [5.74, 6) is 1.20. The van der Waals surface area contributed by atoms with Crippen LogP contribution in [0.4, 0.5) is 0 Å². The van der Waals surface area contributed by atoms with Crippen LogP contribution in [0.3, 0.4) is 0 Å².